The maximum absolute atomic E-state index is 11.5. The van der Waals surface area contributed by atoms with Gasteiger partial charge in [0.15, 0.2) is 0 Å². The maximum Gasteiger partial charge on any atom is 0.307 e. The van der Waals surface area contributed by atoms with Crippen molar-refractivity contribution in [3.8, 4) is 0 Å². The van der Waals surface area contributed by atoms with Crippen LogP contribution in [0.5, 0.6) is 0 Å². The molecule has 4 nitrogen and oxygen atoms in total. The van der Waals surface area contributed by atoms with Crippen molar-refractivity contribution in [1.29, 1.82) is 0 Å². The maximum atomic E-state index is 11.5. The van der Waals surface area contributed by atoms with Crippen molar-refractivity contribution >= 4 is 52.4 Å². The molecule has 0 bridgehead atoms. The summed E-state index contributed by atoms with van der Waals surface area (Å²) in [5.74, 6) is -0.811. The molecule has 0 spiro atoms. The minimum atomic E-state index is -0.971. The van der Waals surface area contributed by atoms with E-state index in [9.17, 15) is 15.0 Å². The van der Waals surface area contributed by atoms with Crippen molar-refractivity contribution in [2.45, 2.75) is 31.6 Å². The Bertz CT molecular complexity index is 1440. The first kappa shape index (κ1) is 26.9. The summed E-state index contributed by atoms with van der Waals surface area (Å²) >= 11 is 7.73. The summed E-state index contributed by atoms with van der Waals surface area (Å²) in [6, 6.07) is 25.8. The lowest BCUT2D eigenvalue weighted by Crippen LogP contribution is -2.16. The summed E-state index contributed by atoms with van der Waals surface area (Å²) in [6.45, 7) is 5.25. The van der Waals surface area contributed by atoms with Gasteiger partial charge in [-0.2, -0.15) is 0 Å². The number of fused-ring (bicyclic) bond motifs is 1. The molecule has 0 aliphatic rings. The number of nitrogens with zero attached hydrogens (tertiary/aromatic N) is 1. The number of hydrogen-bond donors (Lipinski definition) is 2. The van der Waals surface area contributed by atoms with Gasteiger partial charge in [-0.15, -0.1) is 11.8 Å². The Kier molecular flexibility index (Phi) is 8.38. The Labute approximate surface area is 227 Å². The Hall–Kier alpha value is -3.12. The zero-order valence-electron chi connectivity index (χ0n) is 21.1. The van der Waals surface area contributed by atoms with Crippen molar-refractivity contribution in [3.63, 3.8) is 0 Å². The number of carboxylic acids is 1. The van der Waals surface area contributed by atoms with Crippen molar-refractivity contribution in [1.82, 2.24) is 4.98 Å². The Morgan fingerprint density at radius 1 is 1.00 bits per heavy atom. The Morgan fingerprint density at radius 2 is 1.70 bits per heavy atom. The van der Waals surface area contributed by atoms with Crippen LogP contribution in [0, 0.1) is 5.92 Å². The van der Waals surface area contributed by atoms with Crippen LogP contribution in [0.25, 0.3) is 23.1 Å². The highest BCUT2D eigenvalue weighted by Crippen LogP contribution is 2.38. The number of thioether (sulfide) groups is 1. The van der Waals surface area contributed by atoms with Gasteiger partial charge in [-0.1, -0.05) is 85.3 Å². The van der Waals surface area contributed by atoms with Gasteiger partial charge in [-0.25, -0.2) is 4.98 Å². The van der Waals surface area contributed by atoms with Crippen LogP contribution >= 0.6 is 23.4 Å². The van der Waals surface area contributed by atoms with Crippen LogP contribution in [0.1, 0.15) is 54.0 Å². The van der Waals surface area contributed by atoms with Crippen LogP contribution in [0.2, 0.25) is 5.02 Å². The molecule has 0 saturated heterocycles. The molecule has 37 heavy (non-hydrogen) atoms. The number of aliphatic hydroxyl groups is 1. The smallest absolute Gasteiger partial charge is 0.307 e. The van der Waals surface area contributed by atoms with Gasteiger partial charge in [0, 0.05) is 16.2 Å². The minimum Gasteiger partial charge on any atom is -0.481 e. The summed E-state index contributed by atoms with van der Waals surface area (Å²) in [5, 5.41) is 21.6. The van der Waals surface area contributed by atoms with E-state index in [4.69, 9.17) is 16.6 Å². The number of pyridine rings is 1. The summed E-state index contributed by atoms with van der Waals surface area (Å²) in [4.78, 5) is 16.2. The fraction of sp³-hybridized carbons (Fsp3) is 0.226. The number of carbonyl (C=O) groups is 1. The summed E-state index contributed by atoms with van der Waals surface area (Å²) in [5.41, 5.74) is 4.63. The fourth-order valence-corrected chi connectivity index (χ4v) is 5.45. The molecular weight excluding hydrogens is 502 g/mol. The van der Waals surface area contributed by atoms with Crippen LogP contribution < -0.4 is 0 Å². The molecule has 0 radical (unpaired) electrons. The molecule has 2 atom stereocenters. The lowest BCUT2D eigenvalue weighted by Gasteiger charge is -2.23. The molecule has 4 rings (SSSR count). The van der Waals surface area contributed by atoms with Crippen molar-refractivity contribution < 1.29 is 15.0 Å². The lowest BCUT2D eigenvalue weighted by atomic mass is 9.94. The Morgan fingerprint density at radius 3 is 2.43 bits per heavy atom. The van der Waals surface area contributed by atoms with E-state index in [2.05, 4.69) is 12.1 Å². The van der Waals surface area contributed by atoms with E-state index in [1.165, 1.54) is 0 Å². The Balaban J connectivity index is 1.65. The van der Waals surface area contributed by atoms with Gasteiger partial charge >= 0.3 is 5.97 Å². The third-order valence-corrected chi connectivity index (χ3v) is 7.97. The molecule has 0 aliphatic heterocycles. The van der Waals surface area contributed by atoms with Gasteiger partial charge in [0.2, 0.25) is 0 Å². The highest BCUT2D eigenvalue weighted by Gasteiger charge is 2.22. The number of benzene rings is 3. The molecule has 3 aromatic carbocycles. The third kappa shape index (κ3) is 7.01. The second-order valence-corrected chi connectivity index (χ2v) is 11.3. The van der Waals surface area contributed by atoms with Crippen LogP contribution in [-0.2, 0) is 10.4 Å². The summed E-state index contributed by atoms with van der Waals surface area (Å²) in [6.07, 6.45) is 4.00. The summed E-state index contributed by atoms with van der Waals surface area (Å²) < 4.78 is 0. The molecule has 190 valence electrons. The number of hydrogen-bond acceptors (Lipinski definition) is 4. The molecular formula is C31H30ClNO3S. The molecule has 0 amide bonds. The molecule has 1 heterocycles. The lowest BCUT2D eigenvalue weighted by molar-refractivity contribution is -0.140. The van der Waals surface area contributed by atoms with Gasteiger partial charge in [-0.3, -0.25) is 4.79 Å². The van der Waals surface area contributed by atoms with Crippen molar-refractivity contribution in [2.24, 2.45) is 5.92 Å². The molecule has 6 heteroatoms. The predicted octanol–water partition coefficient (Wildman–Crippen LogP) is 7.83. The number of halogens is 1. The average molecular weight is 532 g/mol. The van der Waals surface area contributed by atoms with Gasteiger partial charge < -0.3 is 10.2 Å². The molecule has 1 aromatic heterocycles. The standard InChI is InChI=1S/C31H30ClNO3S/c1-20(30(34)35)19-37-29(24-8-5-9-25(17-24)31(2,3)36)23-7-4-6-21(16-23)10-14-27-15-12-22-11-13-26(32)18-28(22)33-27/h4-18,20,29,36H,19H2,1-3H3,(H,34,35). The molecule has 0 aliphatic carbocycles. The normalized spacial score (nSPS) is 13.6. The molecule has 4 aromatic rings. The monoisotopic (exact) mass is 531 g/mol. The van der Waals surface area contributed by atoms with E-state index in [0.717, 1.165) is 38.9 Å². The summed E-state index contributed by atoms with van der Waals surface area (Å²) in [7, 11) is 0. The van der Waals surface area contributed by atoms with Crippen LogP contribution in [0.3, 0.4) is 0 Å². The van der Waals surface area contributed by atoms with Gasteiger partial charge in [-0.05, 0) is 60.4 Å². The predicted molar refractivity (Wildman–Crippen MR) is 155 cm³/mol. The first-order chi connectivity index (χ1) is 17.6. The number of aromatic nitrogens is 1. The highest BCUT2D eigenvalue weighted by molar-refractivity contribution is 7.99. The first-order valence-electron chi connectivity index (χ1n) is 12.1. The molecule has 0 saturated carbocycles. The second kappa shape index (κ2) is 11.5. The molecule has 2 N–H and O–H groups in total. The van der Waals surface area contributed by atoms with E-state index in [1.807, 2.05) is 78.9 Å². The van der Waals surface area contributed by atoms with E-state index >= 15 is 0 Å². The van der Waals surface area contributed by atoms with Crippen molar-refractivity contribution in [2.75, 3.05) is 5.75 Å². The average Bonchev–Trinajstić information content (AvgIpc) is 2.87. The largest absolute Gasteiger partial charge is 0.481 e. The van der Waals surface area contributed by atoms with E-state index in [0.29, 0.717) is 10.8 Å². The zero-order valence-corrected chi connectivity index (χ0v) is 22.6. The van der Waals surface area contributed by atoms with Crippen molar-refractivity contribution in [3.05, 3.63) is 112 Å². The fourth-order valence-electron chi connectivity index (χ4n) is 3.99. The SMILES string of the molecule is CC(CSC(c1cccc(C=Cc2ccc3ccc(Cl)cc3n2)c1)c1cccc(C(C)(C)O)c1)C(=O)O. The van der Waals surface area contributed by atoms with E-state index in [-0.39, 0.29) is 5.25 Å². The zero-order chi connectivity index (χ0) is 26.6. The van der Waals surface area contributed by atoms with Gasteiger partial charge in [0.25, 0.3) is 0 Å². The number of carboxylic acid groups (broad SMARTS) is 1. The third-order valence-electron chi connectivity index (χ3n) is 6.17. The second-order valence-electron chi connectivity index (χ2n) is 9.71. The highest BCUT2D eigenvalue weighted by atomic mass is 35.5. The topological polar surface area (TPSA) is 70.4 Å². The van der Waals surface area contributed by atoms with E-state index < -0.39 is 17.5 Å². The van der Waals surface area contributed by atoms with Gasteiger partial charge in [0.05, 0.1) is 28.0 Å². The molecule has 2 unspecified atom stereocenters. The van der Waals surface area contributed by atoms with Crippen LogP contribution in [0.15, 0.2) is 78.9 Å². The quantitative estimate of drug-likeness (QED) is 0.230. The minimum absolute atomic E-state index is 0.0848. The van der Waals surface area contributed by atoms with Crippen LogP contribution in [-0.4, -0.2) is 26.9 Å². The van der Waals surface area contributed by atoms with E-state index in [1.54, 1.807) is 32.5 Å². The van der Waals surface area contributed by atoms with Gasteiger partial charge in [0.1, 0.15) is 0 Å². The van der Waals surface area contributed by atoms with Crippen LogP contribution in [0.4, 0.5) is 0 Å². The first-order valence-corrected chi connectivity index (χ1v) is 13.5. The number of rotatable bonds is 9. The number of aliphatic carboxylic acids is 1. The molecule has 0 fully saturated rings.